The lowest BCUT2D eigenvalue weighted by Gasteiger charge is -2.25. The Morgan fingerprint density at radius 2 is 1.47 bits per heavy atom. The molecule has 0 aromatic carbocycles. The molecule has 4 amide bonds. The van der Waals surface area contributed by atoms with Gasteiger partial charge in [-0.2, -0.15) is 12.6 Å². The van der Waals surface area contributed by atoms with Gasteiger partial charge in [0.15, 0.2) is 0 Å². The minimum absolute atomic E-state index is 0.156. The SMILES string of the molecule is CCC(C)C(N)C(=O)NC(CC(N)=O)C(=O)NC(CS)C(=O)NC(CCCCN)C(=O)O. The summed E-state index contributed by atoms with van der Waals surface area (Å²) in [5.74, 6) is -4.66. The van der Waals surface area contributed by atoms with Crippen LogP contribution in [0.3, 0.4) is 0 Å². The van der Waals surface area contributed by atoms with Crippen molar-refractivity contribution in [3.05, 3.63) is 0 Å². The molecular weight excluding hydrogens is 440 g/mol. The van der Waals surface area contributed by atoms with Gasteiger partial charge in [0, 0.05) is 5.75 Å². The highest BCUT2D eigenvalue weighted by Crippen LogP contribution is 2.07. The summed E-state index contributed by atoms with van der Waals surface area (Å²) in [5.41, 5.74) is 16.4. The molecule has 10 N–H and O–H groups in total. The quantitative estimate of drug-likeness (QED) is 0.0902. The van der Waals surface area contributed by atoms with Crippen molar-refractivity contribution in [1.29, 1.82) is 0 Å². The van der Waals surface area contributed by atoms with Crippen LogP contribution < -0.4 is 33.2 Å². The van der Waals surface area contributed by atoms with Gasteiger partial charge in [-0.25, -0.2) is 4.79 Å². The van der Waals surface area contributed by atoms with Gasteiger partial charge in [-0.1, -0.05) is 20.3 Å². The van der Waals surface area contributed by atoms with Gasteiger partial charge in [0.05, 0.1) is 12.5 Å². The summed E-state index contributed by atoms with van der Waals surface area (Å²) in [6.07, 6.45) is 1.37. The molecule has 0 aliphatic heterocycles. The number of primary amides is 1. The van der Waals surface area contributed by atoms with E-state index >= 15 is 0 Å². The van der Waals surface area contributed by atoms with Gasteiger partial charge >= 0.3 is 5.97 Å². The van der Waals surface area contributed by atoms with Crippen LogP contribution in [0, 0.1) is 5.92 Å². The number of carbonyl (C=O) groups excluding carboxylic acids is 4. The van der Waals surface area contributed by atoms with Crippen molar-refractivity contribution >= 4 is 42.2 Å². The minimum Gasteiger partial charge on any atom is -0.480 e. The standard InChI is InChI=1S/C19H36N6O6S/c1-3-10(2)15(22)18(29)24-12(8-14(21)26)16(27)25-13(9-32)17(28)23-11(19(30)31)6-4-5-7-20/h10-13,15,32H,3-9,20,22H2,1-2H3,(H2,21,26)(H,23,28)(H,24,29)(H,25,27)(H,30,31). The molecule has 0 aromatic heterocycles. The van der Waals surface area contributed by atoms with E-state index in [1.54, 1.807) is 6.92 Å². The minimum atomic E-state index is -1.36. The lowest BCUT2D eigenvalue weighted by molar-refractivity contribution is -0.142. The zero-order chi connectivity index (χ0) is 24.8. The van der Waals surface area contributed by atoms with Crippen LogP contribution in [-0.4, -0.2) is 71.2 Å². The third-order valence-electron chi connectivity index (χ3n) is 4.98. The summed E-state index contributed by atoms with van der Waals surface area (Å²) in [5, 5.41) is 16.4. The second-order valence-electron chi connectivity index (χ2n) is 7.57. The first kappa shape index (κ1) is 29.6. The van der Waals surface area contributed by atoms with E-state index in [-0.39, 0.29) is 18.1 Å². The Hall–Kier alpha value is -2.38. The lowest BCUT2D eigenvalue weighted by Crippen LogP contribution is -2.58. The van der Waals surface area contributed by atoms with Gasteiger partial charge in [-0.3, -0.25) is 19.2 Å². The van der Waals surface area contributed by atoms with Gasteiger partial charge in [-0.15, -0.1) is 0 Å². The monoisotopic (exact) mass is 476 g/mol. The van der Waals surface area contributed by atoms with Crippen LogP contribution in [0.15, 0.2) is 0 Å². The van der Waals surface area contributed by atoms with Crippen molar-refractivity contribution in [3.63, 3.8) is 0 Å². The molecular formula is C19H36N6O6S. The fraction of sp³-hybridized carbons (Fsp3) is 0.737. The molecule has 184 valence electrons. The zero-order valence-electron chi connectivity index (χ0n) is 18.5. The van der Waals surface area contributed by atoms with Crippen LogP contribution in [-0.2, 0) is 24.0 Å². The number of carboxylic acids is 1. The number of carbonyl (C=O) groups is 5. The van der Waals surface area contributed by atoms with Crippen LogP contribution in [0.5, 0.6) is 0 Å². The van der Waals surface area contributed by atoms with Gasteiger partial charge in [0.1, 0.15) is 18.1 Å². The first-order valence-electron chi connectivity index (χ1n) is 10.5. The molecule has 5 unspecified atom stereocenters. The average molecular weight is 477 g/mol. The van der Waals surface area contributed by atoms with Gasteiger partial charge in [0.2, 0.25) is 23.6 Å². The van der Waals surface area contributed by atoms with Gasteiger partial charge in [-0.05, 0) is 31.7 Å². The van der Waals surface area contributed by atoms with E-state index in [4.69, 9.17) is 17.2 Å². The molecule has 32 heavy (non-hydrogen) atoms. The predicted octanol–water partition coefficient (Wildman–Crippen LogP) is -2.17. The van der Waals surface area contributed by atoms with Crippen LogP contribution in [0.4, 0.5) is 0 Å². The fourth-order valence-electron chi connectivity index (χ4n) is 2.68. The van der Waals surface area contributed by atoms with E-state index in [9.17, 15) is 29.1 Å². The normalized spacial score (nSPS) is 15.5. The predicted molar refractivity (Wildman–Crippen MR) is 121 cm³/mol. The Labute approximate surface area is 193 Å². The third-order valence-corrected chi connectivity index (χ3v) is 5.34. The van der Waals surface area contributed by atoms with Crippen molar-refractivity contribution in [2.75, 3.05) is 12.3 Å². The second kappa shape index (κ2) is 15.4. The van der Waals surface area contributed by atoms with Crippen molar-refractivity contribution in [2.45, 2.75) is 70.1 Å². The summed E-state index contributed by atoms with van der Waals surface area (Å²) in [6.45, 7) is 4.01. The number of carboxylic acid groups (broad SMARTS) is 1. The van der Waals surface area contributed by atoms with E-state index < -0.39 is 60.2 Å². The number of hydrogen-bond donors (Lipinski definition) is 8. The Bertz CT molecular complexity index is 664. The molecule has 0 fully saturated rings. The van der Waals surface area contributed by atoms with Crippen LogP contribution in [0.25, 0.3) is 0 Å². The Morgan fingerprint density at radius 3 is 1.94 bits per heavy atom. The Balaban J connectivity index is 5.23. The fourth-order valence-corrected chi connectivity index (χ4v) is 2.94. The molecule has 0 spiro atoms. The molecule has 0 aromatic rings. The first-order valence-corrected chi connectivity index (χ1v) is 11.1. The van der Waals surface area contributed by atoms with Crippen molar-refractivity contribution in [1.82, 2.24) is 16.0 Å². The Morgan fingerprint density at radius 1 is 0.938 bits per heavy atom. The number of nitrogens with one attached hydrogen (secondary N) is 3. The first-order chi connectivity index (χ1) is 15.0. The highest BCUT2D eigenvalue weighted by molar-refractivity contribution is 7.80. The van der Waals surface area contributed by atoms with Crippen molar-refractivity contribution in [2.24, 2.45) is 23.1 Å². The maximum absolute atomic E-state index is 12.7. The molecule has 5 atom stereocenters. The van der Waals surface area contributed by atoms with Gasteiger partial charge in [0.25, 0.3) is 0 Å². The van der Waals surface area contributed by atoms with E-state index in [2.05, 4.69) is 28.6 Å². The third kappa shape index (κ3) is 10.8. The maximum Gasteiger partial charge on any atom is 0.326 e. The number of amides is 4. The molecule has 12 nitrogen and oxygen atoms in total. The zero-order valence-corrected chi connectivity index (χ0v) is 19.4. The number of rotatable bonds is 16. The molecule has 0 rings (SSSR count). The largest absolute Gasteiger partial charge is 0.480 e. The number of thiol groups is 1. The van der Waals surface area contributed by atoms with Crippen molar-refractivity contribution < 1.29 is 29.1 Å². The molecule has 0 bridgehead atoms. The number of aliphatic carboxylic acids is 1. The molecule has 0 aliphatic rings. The molecule has 0 radical (unpaired) electrons. The van der Waals surface area contributed by atoms with E-state index in [0.29, 0.717) is 25.8 Å². The Kier molecular flexibility index (Phi) is 14.3. The van der Waals surface area contributed by atoms with Crippen LogP contribution in [0.2, 0.25) is 0 Å². The highest BCUT2D eigenvalue weighted by Gasteiger charge is 2.31. The smallest absolute Gasteiger partial charge is 0.326 e. The topological polar surface area (TPSA) is 220 Å². The summed E-state index contributed by atoms with van der Waals surface area (Å²) >= 11 is 4.03. The molecule has 0 aliphatic carbocycles. The summed E-state index contributed by atoms with van der Waals surface area (Å²) < 4.78 is 0. The van der Waals surface area contributed by atoms with Gasteiger partial charge < -0.3 is 38.3 Å². The lowest BCUT2D eigenvalue weighted by atomic mass is 9.99. The molecule has 13 heteroatoms. The summed E-state index contributed by atoms with van der Waals surface area (Å²) in [7, 11) is 0. The molecule has 0 saturated heterocycles. The number of hydrogen-bond acceptors (Lipinski definition) is 8. The maximum atomic E-state index is 12.7. The van der Waals surface area contributed by atoms with E-state index in [0.717, 1.165) is 0 Å². The molecule has 0 heterocycles. The average Bonchev–Trinajstić information content (AvgIpc) is 2.74. The number of unbranched alkanes of at least 4 members (excludes halogenated alkanes) is 1. The summed E-state index contributed by atoms with van der Waals surface area (Å²) in [6, 6.07) is -4.64. The van der Waals surface area contributed by atoms with E-state index in [1.807, 2.05) is 6.92 Å². The number of nitrogens with two attached hydrogens (primary N) is 3. The highest BCUT2D eigenvalue weighted by atomic mass is 32.1. The molecule has 0 saturated carbocycles. The van der Waals surface area contributed by atoms with Crippen LogP contribution >= 0.6 is 12.6 Å². The second-order valence-corrected chi connectivity index (χ2v) is 7.94. The summed E-state index contributed by atoms with van der Waals surface area (Å²) in [4.78, 5) is 60.3. The van der Waals surface area contributed by atoms with Crippen molar-refractivity contribution in [3.8, 4) is 0 Å². The van der Waals surface area contributed by atoms with Crippen LogP contribution in [0.1, 0.15) is 46.0 Å². The van der Waals surface area contributed by atoms with E-state index in [1.165, 1.54) is 0 Å².